The van der Waals surface area contributed by atoms with Crippen LogP contribution in [0.4, 0.5) is 0 Å². The van der Waals surface area contributed by atoms with Gasteiger partial charge in [0.25, 0.3) is 0 Å². The van der Waals surface area contributed by atoms with E-state index < -0.39 is 0 Å². The van der Waals surface area contributed by atoms with Crippen molar-refractivity contribution in [3.05, 3.63) is 24.0 Å². The average Bonchev–Trinajstić information content (AvgIpc) is 2.42. The second kappa shape index (κ2) is 8.58. The molecule has 1 rings (SSSR count). The minimum atomic E-state index is 0.0633. The molecule has 19 heavy (non-hydrogen) atoms. The summed E-state index contributed by atoms with van der Waals surface area (Å²) in [5.41, 5.74) is 6.37. The number of rotatable bonds is 8. The van der Waals surface area contributed by atoms with Crippen LogP contribution < -0.4 is 11.1 Å². The highest BCUT2D eigenvalue weighted by atomic mass is 16.1. The largest absolute Gasteiger partial charge is 0.350 e. The smallest absolute Gasteiger partial charge is 0.220 e. The predicted molar refractivity (Wildman–Crippen MR) is 75.1 cm³/mol. The molecule has 0 aliphatic rings. The van der Waals surface area contributed by atoms with Gasteiger partial charge in [0.15, 0.2) is 0 Å². The van der Waals surface area contributed by atoms with Crippen molar-refractivity contribution in [2.45, 2.75) is 39.7 Å². The Morgan fingerprint density at radius 3 is 2.79 bits per heavy atom. The first kappa shape index (κ1) is 15.6. The van der Waals surface area contributed by atoms with Crippen molar-refractivity contribution in [2.24, 2.45) is 17.6 Å². The van der Waals surface area contributed by atoms with Gasteiger partial charge in [-0.25, -0.2) is 0 Å². The number of hydrogen-bond acceptors (Lipinski definition) is 4. The third-order valence-electron chi connectivity index (χ3n) is 3.32. The van der Waals surface area contributed by atoms with Gasteiger partial charge < -0.3 is 11.1 Å². The van der Waals surface area contributed by atoms with Gasteiger partial charge in [-0.1, -0.05) is 13.8 Å². The Bertz CT molecular complexity index is 367. The number of hydrogen-bond donors (Lipinski definition) is 2. The predicted octanol–water partition coefficient (Wildman–Crippen LogP) is 1.49. The fraction of sp³-hybridized carbons (Fsp3) is 0.643. The molecule has 5 nitrogen and oxygen atoms in total. The third-order valence-corrected chi connectivity index (χ3v) is 3.32. The molecule has 0 spiro atoms. The molecule has 0 aliphatic carbocycles. The highest BCUT2D eigenvalue weighted by Gasteiger charge is 2.14. The summed E-state index contributed by atoms with van der Waals surface area (Å²) >= 11 is 0. The summed E-state index contributed by atoms with van der Waals surface area (Å²) in [6, 6.07) is 3.66. The molecular formula is C14H24N4O. The summed E-state index contributed by atoms with van der Waals surface area (Å²) < 4.78 is 0. The lowest BCUT2D eigenvalue weighted by molar-refractivity contribution is -0.121. The first-order chi connectivity index (χ1) is 9.13. The maximum atomic E-state index is 11.8. The van der Waals surface area contributed by atoms with Crippen molar-refractivity contribution in [3.8, 4) is 0 Å². The van der Waals surface area contributed by atoms with E-state index in [1.807, 2.05) is 12.1 Å². The Hall–Kier alpha value is -1.49. The number of nitrogens with zero attached hydrogens (tertiary/aromatic N) is 2. The maximum Gasteiger partial charge on any atom is 0.220 e. The monoisotopic (exact) mass is 264 g/mol. The summed E-state index contributed by atoms with van der Waals surface area (Å²) in [5, 5.41) is 10.6. The normalized spacial score (nSPS) is 12.4. The van der Waals surface area contributed by atoms with E-state index in [1.165, 1.54) is 0 Å². The highest BCUT2D eigenvalue weighted by molar-refractivity contribution is 5.75. The molecule has 5 heteroatoms. The van der Waals surface area contributed by atoms with Crippen LogP contribution in [0.1, 0.15) is 38.8 Å². The van der Waals surface area contributed by atoms with E-state index >= 15 is 0 Å². The number of nitrogens with two attached hydrogens (primary N) is 1. The van der Waals surface area contributed by atoms with Crippen molar-refractivity contribution in [2.75, 3.05) is 6.54 Å². The number of nitrogens with one attached hydrogen (secondary N) is 1. The molecule has 0 saturated heterocycles. The summed E-state index contributed by atoms with van der Waals surface area (Å²) in [5.74, 6) is 1.15. The summed E-state index contributed by atoms with van der Waals surface area (Å²) in [6.45, 7) is 5.48. The quantitative estimate of drug-likeness (QED) is 0.745. The van der Waals surface area contributed by atoms with Gasteiger partial charge in [0.2, 0.25) is 5.91 Å². The van der Waals surface area contributed by atoms with Gasteiger partial charge in [0, 0.05) is 12.6 Å². The van der Waals surface area contributed by atoms with Crippen LogP contribution >= 0.6 is 0 Å². The molecule has 0 fully saturated rings. The van der Waals surface area contributed by atoms with E-state index in [9.17, 15) is 4.79 Å². The van der Waals surface area contributed by atoms with Crippen LogP contribution in [-0.2, 0) is 11.3 Å². The van der Waals surface area contributed by atoms with Crippen LogP contribution in [0.2, 0.25) is 0 Å². The number of aromatic nitrogens is 2. The van der Waals surface area contributed by atoms with Gasteiger partial charge >= 0.3 is 0 Å². The van der Waals surface area contributed by atoms with Crippen LogP contribution in [0.3, 0.4) is 0 Å². The molecule has 1 unspecified atom stereocenters. The first-order valence-electron chi connectivity index (χ1n) is 6.86. The molecule has 0 saturated carbocycles. The Balaban J connectivity index is 2.27. The molecule has 3 N–H and O–H groups in total. The van der Waals surface area contributed by atoms with E-state index in [0.717, 1.165) is 18.5 Å². The van der Waals surface area contributed by atoms with Gasteiger partial charge in [0.05, 0.1) is 12.2 Å². The van der Waals surface area contributed by atoms with Crippen LogP contribution in [0, 0.1) is 11.8 Å². The number of amides is 1. The minimum Gasteiger partial charge on any atom is -0.350 e. The molecule has 106 valence electrons. The van der Waals surface area contributed by atoms with Gasteiger partial charge in [-0.05, 0) is 43.4 Å². The van der Waals surface area contributed by atoms with Gasteiger partial charge in [-0.3, -0.25) is 4.79 Å². The van der Waals surface area contributed by atoms with Gasteiger partial charge in [-0.15, -0.1) is 0 Å². The molecule has 0 aliphatic heterocycles. The summed E-state index contributed by atoms with van der Waals surface area (Å²) in [4.78, 5) is 11.8. The standard InChI is InChI=1S/C14H24N4O/c1-11(2)12(7-8-15)5-6-14(19)16-10-13-4-3-9-17-18-13/h3-4,9,11-12H,5-8,10,15H2,1-2H3,(H,16,19). The van der Waals surface area contributed by atoms with E-state index in [0.29, 0.717) is 31.3 Å². The van der Waals surface area contributed by atoms with Crippen molar-refractivity contribution < 1.29 is 4.79 Å². The van der Waals surface area contributed by atoms with Crippen molar-refractivity contribution in [3.63, 3.8) is 0 Å². The zero-order valence-electron chi connectivity index (χ0n) is 11.8. The lowest BCUT2D eigenvalue weighted by atomic mass is 9.88. The topological polar surface area (TPSA) is 80.9 Å². The molecule has 1 aromatic rings. The van der Waals surface area contributed by atoms with Gasteiger partial charge in [0.1, 0.15) is 0 Å². The summed E-state index contributed by atoms with van der Waals surface area (Å²) in [6.07, 6.45) is 4.03. The van der Waals surface area contributed by atoms with Crippen molar-refractivity contribution in [1.82, 2.24) is 15.5 Å². The van der Waals surface area contributed by atoms with E-state index in [4.69, 9.17) is 5.73 Å². The molecule has 1 heterocycles. The van der Waals surface area contributed by atoms with Crippen molar-refractivity contribution >= 4 is 5.91 Å². The number of carbonyl (C=O) groups excluding carboxylic acids is 1. The lowest BCUT2D eigenvalue weighted by Crippen LogP contribution is -2.25. The SMILES string of the molecule is CC(C)C(CCN)CCC(=O)NCc1cccnn1. The Morgan fingerprint density at radius 2 is 2.21 bits per heavy atom. The van der Waals surface area contributed by atoms with E-state index in [1.54, 1.807) is 6.20 Å². The van der Waals surface area contributed by atoms with Gasteiger partial charge in [-0.2, -0.15) is 10.2 Å². The average molecular weight is 264 g/mol. The Morgan fingerprint density at radius 1 is 1.42 bits per heavy atom. The molecule has 0 bridgehead atoms. The fourth-order valence-corrected chi connectivity index (χ4v) is 2.05. The second-order valence-corrected chi connectivity index (χ2v) is 5.11. The van der Waals surface area contributed by atoms with E-state index in [2.05, 4.69) is 29.4 Å². The van der Waals surface area contributed by atoms with Crippen LogP contribution in [0.15, 0.2) is 18.3 Å². The zero-order valence-corrected chi connectivity index (χ0v) is 11.8. The molecule has 0 aromatic carbocycles. The molecule has 1 atom stereocenters. The fourth-order valence-electron chi connectivity index (χ4n) is 2.05. The molecular weight excluding hydrogens is 240 g/mol. The molecule has 1 aromatic heterocycles. The summed E-state index contributed by atoms with van der Waals surface area (Å²) in [7, 11) is 0. The lowest BCUT2D eigenvalue weighted by Gasteiger charge is -2.19. The first-order valence-corrected chi connectivity index (χ1v) is 6.86. The molecule has 1 amide bonds. The van der Waals surface area contributed by atoms with Crippen LogP contribution in [0.5, 0.6) is 0 Å². The minimum absolute atomic E-state index is 0.0633. The maximum absolute atomic E-state index is 11.8. The van der Waals surface area contributed by atoms with Crippen molar-refractivity contribution in [1.29, 1.82) is 0 Å². The number of carbonyl (C=O) groups is 1. The van der Waals surface area contributed by atoms with Crippen LogP contribution in [0.25, 0.3) is 0 Å². The van der Waals surface area contributed by atoms with E-state index in [-0.39, 0.29) is 5.91 Å². The zero-order chi connectivity index (χ0) is 14.1. The third kappa shape index (κ3) is 6.29. The Kier molecular flexibility index (Phi) is 7.03. The highest BCUT2D eigenvalue weighted by Crippen LogP contribution is 2.20. The second-order valence-electron chi connectivity index (χ2n) is 5.11. The Labute approximate surface area is 115 Å². The van der Waals surface area contributed by atoms with Crippen LogP contribution in [-0.4, -0.2) is 22.6 Å². The molecule has 0 radical (unpaired) electrons.